The van der Waals surface area contributed by atoms with E-state index < -0.39 is 0 Å². The van der Waals surface area contributed by atoms with Crippen molar-refractivity contribution in [1.29, 1.82) is 0 Å². The number of hydrogen-bond acceptors (Lipinski definition) is 2. The normalized spacial score (nSPS) is 16.4. The van der Waals surface area contributed by atoms with Crippen molar-refractivity contribution < 1.29 is 14.0 Å². The van der Waals surface area contributed by atoms with E-state index in [4.69, 9.17) is 0 Å². The highest BCUT2D eigenvalue weighted by atomic mass is 79.9. The lowest BCUT2D eigenvalue weighted by molar-refractivity contribution is -0.130. The third kappa shape index (κ3) is 3.07. The van der Waals surface area contributed by atoms with Crippen molar-refractivity contribution in [3.05, 3.63) is 34.1 Å². The largest absolute Gasteiger partial charge is 0.347 e. The topological polar surface area (TPSA) is 49.4 Å². The van der Waals surface area contributed by atoms with E-state index in [-0.39, 0.29) is 37.1 Å². The lowest BCUT2D eigenvalue weighted by Crippen LogP contribution is -2.34. The molecule has 0 aliphatic carbocycles. The second-order valence-electron chi connectivity index (χ2n) is 4.08. The molecule has 4 nitrogen and oxygen atoms in total. The molecule has 0 spiro atoms. The van der Waals surface area contributed by atoms with Crippen LogP contribution >= 0.6 is 15.9 Å². The van der Waals surface area contributed by atoms with Gasteiger partial charge in [-0.1, -0.05) is 22.0 Å². The predicted octanol–water partition coefficient (Wildman–Crippen LogP) is 1.44. The van der Waals surface area contributed by atoms with Gasteiger partial charge < -0.3 is 10.2 Å². The monoisotopic (exact) mass is 314 g/mol. The van der Waals surface area contributed by atoms with Crippen LogP contribution in [0.1, 0.15) is 12.0 Å². The van der Waals surface area contributed by atoms with E-state index in [1.165, 1.54) is 11.0 Å². The molecule has 1 saturated heterocycles. The first-order valence-electron chi connectivity index (χ1n) is 5.54. The molecule has 0 unspecified atom stereocenters. The Labute approximate surface area is 112 Å². The average Bonchev–Trinajstić information content (AvgIpc) is 2.47. The molecule has 2 amide bonds. The van der Waals surface area contributed by atoms with E-state index in [2.05, 4.69) is 21.2 Å². The Kier molecular flexibility index (Phi) is 3.96. The first-order valence-corrected chi connectivity index (χ1v) is 6.34. The lowest BCUT2D eigenvalue weighted by atomic mass is 10.2. The Hall–Kier alpha value is -1.43. The van der Waals surface area contributed by atoms with Gasteiger partial charge in [-0.2, -0.15) is 0 Å². The number of nitrogens with zero attached hydrogens (tertiary/aromatic N) is 1. The summed E-state index contributed by atoms with van der Waals surface area (Å²) < 4.78 is 14.3. The number of nitrogens with one attached hydrogen (secondary N) is 1. The van der Waals surface area contributed by atoms with Gasteiger partial charge >= 0.3 is 0 Å². The average molecular weight is 315 g/mol. The summed E-state index contributed by atoms with van der Waals surface area (Å²) in [6, 6.07) is 4.72. The van der Waals surface area contributed by atoms with Gasteiger partial charge in [0.15, 0.2) is 0 Å². The highest BCUT2D eigenvalue weighted by Crippen LogP contribution is 2.17. The molecule has 1 heterocycles. The van der Waals surface area contributed by atoms with Crippen molar-refractivity contribution in [2.45, 2.75) is 13.0 Å². The first kappa shape index (κ1) is 13.0. The Balaban J connectivity index is 2.12. The van der Waals surface area contributed by atoms with Crippen molar-refractivity contribution in [2.75, 3.05) is 13.1 Å². The fourth-order valence-electron chi connectivity index (χ4n) is 1.76. The standard InChI is InChI=1S/C12H12BrFN2O2/c13-9-2-1-8(10(14)5-9)7-16-4-3-11(17)15-6-12(16)18/h1-2,5H,3-4,6-7H2,(H,15,17). The van der Waals surface area contributed by atoms with E-state index in [9.17, 15) is 14.0 Å². The lowest BCUT2D eigenvalue weighted by Gasteiger charge is -2.20. The summed E-state index contributed by atoms with van der Waals surface area (Å²) in [5.41, 5.74) is 0.445. The summed E-state index contributed by atoms with van der Waals surface area (Å²) in [4.78, 5) is 24.4. The van der Waals surface area contributed by atoms with Gasteiger partial charge in [0.05, 0.1) is 6.54 Å². The summed E-state index contributed by atoms with van der Waals surface area (Å²) >= 11 is 3.18. The first-order chi connectivity index (χ1) is 8.56. The zero-order valence-corrected chi connectivity index (χ0v) is 11.2. The van der Waals surface area contributed by atoms with Crippen LogP contribution in [0.2, 0.25) is 0 Å². The van der Waals surface area contributed by atoms with Gasteiger partial charge in [-0.05, 0) is 12.1 Å². The third-order valence-corrected chi connectivity index (χ3v) is 3.27. The molecule has 1 aliphatic heterocycles. The molecule has 0 saturated carbocycles. The van der Waals surface area contributed by atoms with E-state index >= 15 is 0 Å². The third-order valence-electron chi connectivity index (χ3n) is 2.77. The molecule has 1 aromatic carbocycles. The molecule has 1 aliphatic rings. The molecule has 0 radical (unpaired) electrons. The molecule has 1 N–H and O–H groups in total. The van der Waals surface area contributed by atoms with Crippen molar-refractivity contribution >= 4 is 27.7 Å². The molecule has 0 atom stereocenters. The number of benzene rings is 1. The molecule has 96 valence electrons. The number of amides is 2. The van der Waals surface area contributed by atoms with Crippen molar-refractivity contribution in [3.8, 4) is 0 Å². The smallest absolute Gasteiger partial charge is 0.242 e. The quantitative estimate of drug-likeness (QED) is 0.898. The number of carbonyl (C=O) groups excluding carboxylic acids is 2. The van der Waals surface area contributed by atoms with Crippen LogP contribution in [0.3, 0.4) is 0 Å². The van der Waals surface area contributed by atoms with E-state index in [0.717, 1.165) is 0 Å². The van der Waals surface area contributed by atoms with E-state index in [0.29, 0.717) is 16.6 Å². The van der Waals surface area contributed by atoms with Crippen LogP contribution in [-0.4, -0.2) is 29.8 Å². The zero-order chi connectivity index (χ0) is 13.1. The minimum atomic E-state index is -0.360. The maximum absolute atomic E-state index is 13.7. The summed E-state index contributed by atoms with van der Waals surface area (Å²) in [7, 11) is 0. The Bertz CT molecular complexity index is 493. The van der Waals surface area contributed by atoms with Crippen LogP contribution in [0, 0.1) is 5.82 Å². The van der Waals surface area contributed by atoms with Gasteiger partial charge in [-0.15, -0.1) is 0 Å². The minimum absolute atomic E-state index is 0.0169. The summed E-state index contributed by atoms with van der Waals surface area (Å²) in [5.74, 6) is -0.703. The number of hydrogen-bond donors (Lipinski definition) is 1. The predicted molar refractivity (Wildman–Crippen MR) is 67.1 cm³/mol. The molecular weight excluding hydrogens is 303 g/mol. The summed E-state index contributed by atoms with van der Waals surface area (Å²) in [6.07, 6.45) is 0.254. The molecule has 2 rings (SSSR count). The zero-order valence-electron chi connectivity index (χ0n) is 9.58. The maximum Gasteiger partial charge on any atom is 0.242 e. The highest BCUT2D eigenvalue weighted by molar-refractivity contribution is 9.10. The van der Waals surface area contributed by atoms with Gasteiger partial charge in [0.2, 0.25) is 11.8 Å². The van der Waals surface area contributed by atoms with E-state index in [1.807, 2.05) is 0 Å². The van der Waals surface area contributed by atoms with Crippen LogP contribution in [-0.2, 0) is 16.1 Å². The van der Waals surface area contributed by atoms with Crippen molar-refractivity contribution in [3.63, 3.8) is 0 Å². The molecule has 0 bridgehead atoms. The van der Waals surface area contributed by atoms with Gasteiger partial charge in [-0.3, -0.25) is 9.59 Å². The molecular formula is C12H12BrFN2O2. The van der Waals surface area contributed by atoms with Crippen LogP contribution in [0.4, 0.5) is 4.39 Å². The van der Waals surface area contributed by atoms with E-state index in [1.54, 1.807) is 12.1 Å². The van der Waals surface area contributed by atoms with Crippen molar-refractivity contribution in [2.24, 2.45) is 0 Å². The maximum atomic E-state index is 13.7. The Morgan fingerprint density at radius 2 is 2.17 bits per heavy atom. The van der Waals surface area contributed by atoms with Crippen LogP contribution in [0.25, 0.3) is 0 Å². The Morgan fingerprint density at radius 1 is 1.39 bits per heavy atom. The van der Waals surface area contributed by atoms with Crippen LogP contribution in [0.5, 0.6) is 0 Å². The number of rotatable bonds is 2. The fourth-order valence-corrected chi connectivity index (χ4v) is 2.09. The minimum Gasteiger partial charge on any atom is -0.347 e. The van der Waals surface area contributed by atoms with Gasteiger partial charge in [0.1, 0.15) is 5.82 Å². The number of carbonyl (C=O) groups is 2. The highest BCUT2D eigenvalue weighted by Gasteiger charge is 2.20. The molecule has 1 fully saturated rings. The Morgan fingerprint density at radius 3 is 2.89 bits per heavy atom. The summed E-state index contributed by atoms with van der Waals surface area (Å²) in [5, 5.41) is 2.50. The van der Waals surface area contributed by atoms with Crippen LogP contribution in [0.15, 0.2) is 22.7 Å². The second kappa shape index (κ2) is 5.48. The van der Waals surface area contributed by atoms with Crippen LogP contribution < -0.4 is 5.32 Å². The molecule has 6 heteroatoms. The fraction of sp³-hybridized carbons (Fsp3) is 0.333. The number of halogens is 2. The van der Waals surface area contributed by atoms with Crippen molar-refractivity contribution in [1.82, 2.24) is 10.2 Å². The SMILES string of the molecule is O=C1CCN(Cc2ccc(Br)cc2F)C(=O)CN1. The van der Waals surface area contributed by atoms with Gasteiger partial charge in [0.25, 0.3) is 0 Å². The van der Waals surface area contributed by atoms with Gasteiger partial charge in [-0.25, -0.2) is 4.39 Å². The molecule has 18 heavy (non-hydrogen) atoms. The molecule has 1 aromatic rings. The summed E-state index contributed by atoms with van der Waals surface area (Å²) in [6.45, 7) is 0.490. The van der Waals surface area contributed by atoms with Gasteiger partial charge in [0, 0.05) is 29.5 Å². The molecule has 0 aromatic heterocycles. The second-order valence-corrected chi connectivity index (χ2v) is 4.99.